The van der Waals surface area contributed by atoms with Crippen LogP contribution in [0, 0.1) is 5.82 Å². The van der Waals surface area contributed by atoms with Crippen LogP contribution in [0.5, 0.6) is 0 Å². The average Bonchev–Trinajstić information content (AvgIpc) is 3.27. The van der Waals surface area contributed by atoms with Gasteiger partial charge in [0.05, 0.1) is 12.3 Å². The van der Waals surface area contributed by atoms with Crippen LogP contribution in [0.15, 0.2) is 54.6 Å². The molecular weight excluding hydrogens is 439 g/mol. The first-order valence-corrected chi connectivity index (χ1v) is 10.3. The molecule has 2 N–H and O–H groups in total. The predicted octanol–water partition coefficient (Wildman–Crippen LogP) is 3.25. The molecule has 2 heterocycles. The standard InChI is InChI=1S/C22H20ClFN4O4/c23-14-3-5-15(6-4-14)26-22(31)28-9-1-2-19(28)21(30)25-16-7-8-18(17(24)12-16)27-10-11-32-13-20(27)29/h1-8,12,19H,9-11,13H2,(H,25,30)(H,26,31). The maximum absolute atomic E-state index is 14.6. The lowest BCUT2D eigenvalue weighted by Crippen LogP contribution is -2.45. The zero-order chi connectivity index (χ0) is 22.7. The summed E-state index contributed by atoms with van der Waals surface area (Å²) < 4.78 is 19.7. The number of nitrogens with zero attached hydrogens (tertiary/aromatic N) is 2. The van der Waals surface area contributed by atoms with Gasteiger partial charge in [0, 0.05) is 29.5 Å². The van der Waals surface area contributed by atoms with Crippen molar-refractivity contribution in [3.63, 3.8) is 0 Å². The van der Waals surface area contributed by atoms with E-state index in [1.54, 1.807) is 36.4 Å². The summed E-state index contributed by atoms with van der Waals surface area (Å²) in [7, 11) is 0. The second-order valence-electron chi connectivity index (χ2n) is 7.22. The molecule has 0 aromatic heterocycles. The van der Waals surface area contributed by atoms with Crippen molar-refractivity contribution in [1.29, 1.82) is 0 Å². The third-order valence-electron chi connectivity index (χ3n) is 5.07. The number of halogens is 2. The minimum Gasteiger partial charge on any atom is -0.370 e. The van der Waals surface area contributed by atoms with E-state index in [1.807, 2.05) is 0 Å². The largest absolute Gasteiger partial charge is 0.370 e. The highest BCUT2D eigenvalue weighted by atomic mass is 35.5. The van der Waals surface area contributed by atoms with Crippen LogP contribution in [-0.4, -0.2) is 55.1 Å². The molecule has 2 aliphatic rings. The van der Waals surface area contributed by atoms with Crippen LogP contribution < -0.4 is 15.5 Å². The molecule has 32 heavy (non-hydrogen) atoms. The second-order valence-corrected chi connectivity index (χ2v) is 7.65. The van der Waals surface area contributed by atoms with Crippen molar-refractivity contribution >= 4 is 46.5 Å². The number of rotatable bonds is 4. The summed E-state index contributed by atoms with van der Waals surface area (Å²) in [6, 6.07) is 9.38. The van der Waals surface area contributed by atoms with E-state index >= 15 is 0 Å². The first-order chi connectivity index (χ1) is 15.4. The Balaban J connectivity index is 1.41. The zero-order valence-corrected chi connectivity index (χ0v) is 17.6. The van der Waals surface area contributed by atoms with Gasteiger partial charge >= 0.3 is 6.03 Å². The maximum atomic E-state index is 14.6. The highest BCUT2D eigenvalue weighted by Gasteiger charge is 2.31. The smallest absolute Gasteiger partial charge is 0.323 e. The lowest BCUT2D eigenvalue weighted by molar-refractivity contribution is -0.125. The number of carbonyl (C=O) groups is 3. The van der Waals surface area contributed by atoms with Crippen LogP contribution in [0.3, 0.4) is 0 Å². The van der Waals surface area contributed by atoms with Gasteiger partial charge in [0.1, 0.15) is 18.5 Å². The molecule has 2 aliphatic heterocycles. The van der Waals surface area contributed by atoms with E-state index in [1.165, 1.54) is 21.9 Å². The number of nitrogens with one attached hydrogen (secondary N) is 2. The Hall–Kier alpha value is -3.43. The fraction of sp³-hybridized carbons (Fsp3) is 0.227. The highest BCUT2D eigenvalue weighted by Crippen LogP contribution is 2.25. The molecule has 2 aromatic carbocycles. The number of ether oxygens (including phenoxy) is 1. The normalized spacial score (nSPS) is 18.1. The van der Waals surface area contributed by atoms with E-state index in [-0.39, 0.29) is 37.0 Å². The Morgan fingerprint density at radius 3 is 2.56 bits per heavy atom. The van der Waals surface area contributed by atoms with E-state index in [0.717, 1.165) is 6.07 Å². The molecule has 1 fully saturated rings. The van der Waals surface area contributed by atoms with Crippen molar-refractivity contribution < 1.29 is 23.5 Å². The number of carbonyl (C=O) groups excluding carboxylic acids is 3. The minimum absolute atomic E-state index is 0.0974. The molecule has 0 aliphatic carbocycles. The molecule has 8 nitrogen and oxygen atoms in total. The maximum Gasteiger partial charge on any atom is 0.323 e. The van der Waals surface area contributed by atoms with Crippen LogP contribution >= 0.6 is 11.6 Å². The van der Waals surface area contributed by atoms with Crippen LogP contribution in [-0.2, 0) is 14.3 Å². The fourth-order valence-electron chi connectivity index (χ4n) is 3.48. The molecule has 1 unspecified atom stereocenters. The number of amides is 4. The Labute approximate surface area is 188 Å². The number of urea groups is 1. The molecule has 1 saturated heterocycles. The van der Waals surface area contributed by atoms with Crippen LogP contribution in [0.1, 0.15) is 0 Å². The third kappa shape index (κ3) is 4.74. The molecule has 2 aromatic rings. The predicted molar refractivity (Wildman–Crippen MR) is 118 cm³/mol. The third-order valence-corrected chi connectivity index (χ3v) is 5.33. The van der Waals surface area contributed by atoms with Gasteiger partial charge < -0.3 is 25.2 Å². The molecule has 0 saturated carbocycles. The van der Waals surface area contributed by atoms with Gasteiger partial charge in [-0.1, -0.05) is 23.8 Å². The van der Waals surface area contributed by atoms with E-state index in [9.17, 15) is 18.8 Å². The van der Waals surface area contributed by atoms with Crippen LogP contribution in [0.4, 0.5) is 26.2 Å². The zero-order valence-electron chi connectivity index (χ0n) is 16.9. The number of benzene rings is 2. The van der Waals surface area contributed by atoms with Crippen molar-refractivity contribution in [2.45, 2.75) is 6.04 Å². The van der Waals surface area contributed by atoms with Gasteiger partial charge in [0.2, 0.25) is 0 Å². The Kier molecular flexibility index (Phi) is 6.38. The van der Waals surface area contributed by atoms with Crippen molar-refractivity contribution in [2.24, 2.45) is 0 Å². The second kappa shape index (κ2) is 9.37. The summed E-state index contributed by atoms with van der Waals surface area (Å²) in [5, 5.41) is 5.88. The van der Waals surface area contributed by atoms with Crippen molar-refractivity contribution in [2.75, 3.05) is 41.8 Å². The van der Waals surface area contributed by atoms with Gasteiger partial charge in [0.15, 0.2) is 0 Å². The van der Waals surface area contributed by atoms with Crippen molar-refractivity contribution in [3.8, 4) is 0 Å². The van der Waals surface area contributed by atoms with E-state index < -0.39 is 23.8 Å². The van der Waals surface area contributed by atoms with E-state index in [2.05, 4.69) is 10.6 Å². The number of hydrogen-bond donors (Lipinski definition) is 2. The van der Waals surface area contributed by atoms with Gasteiger partial charge in [-0.05, 0) is 42.5 Å². The lowest BCUT2D eigenvalue weighted by Gasteiger charge is -2.27. The summed E-state index contributed by atoms with van der Waals surface area (Å²) in [5.74, 6) is -1.46. The molecule has 1 atom stereocenters. The monoisotopic (exact) mass is 458 g/mol. The van der Waals surface area contributed by atoms with Crippen molar-refractivity contribution in [3.05, 3.63) is 65.5 Å². The Morgan fingerprint density at radius 2 is 1.84 bits per heavy atom. The fourth-order valence-corrected chi connectivity index (χ4v) is 3.61. The molecule has 0 radical (unpaired) electrons. The molecule has 10 heteroatoms. The van der Waals surface area contributed by atoms with Gasteiger partial charge in [-0.3, -0.25) is 9.59 Å². The number of hydrogen-bond acceptors (Lipinski definition) is 4. The quantitative estimate of drug-likeness (QED) is 0.688. The van der Waals surface area contributed by atoms with Gasteiger partial charge in [0.25, 0.3) is 11.8 Å². The molecule has 166 valence electrons. The molecular formula is C22H20ClFN4O4. The summed E-state index contributed by atoms with van der Waals surface area (Å²) >= 11 is 5.85. The highest BCUT2D eigenvalue weighted by molar-refractivity contribution is 6.30. The Bertz CT molecular complexity index is 1080. The summed E-state index contributed by atoms with van der Waals surface area (Å²) in [4.78, 5) is 40.0. The van der Waals surface area contributed by atoms with Gasteiger partial charge in [-0.2, -0.15) is 0 Å². The molecule has 0 spiro atoms. The first kappa shape index (κ1) is 21.8. The summed E-state index contributed by atoms with van der Waals surface area (Å²) in [5.41, 5.74) is 0.886. The van der Waals surface area contributed by atoms with Gasteiger partial charge in [-0.15, -0.1) is 0 Å². The Morgan fingerprint density at radius 1 is 1.09 bits per heavy atom. The summed E-state index contributed by atoms with van der Waals surface area (Å²) in [6.45, 7) is 0.738. The van der Waals surface area contributed by atoms with Crippen LogP contribution in [0.25, 0.3) is 0 Å². The topological polar surface area (TPSA) is 91.0 Å². The average molecular weight is 459 g/mol. The van der Waals surface area contributed by atoms with Crippen LogP contribution in [0.2, 0.25) is 5.02 Å². The number of anilines is 3. The van der Waals surface area contributed by atoms with Crippen molar-refractivity contribution in [1.82, 2.24) is 4.90 Å². The SMILES string of the molecule is O=C(Nc1ccc(N2CCOCC2=O)c(F)c1)C1C=CCN1C(=O)Nc1ccc(Cl)cc1. The van der Waals surface area contributed by atoms with E-state index in [4.69, 9.17) is 16.3 Å². The minimum atomic E-state index is -0.856. The molecule has 4 amide bonds. The summed E-state index contributed by atoms with van der Waals surface area (Å²) in [6.07, 6.45) is 3.31. The first-order valence-electron chi connectivity index (χ1n) is 9.91. The van der Waals surface area contributed by atoms with E-state index in [0.29, 0.717) is 17.3 Å². The lowest BCUT2D eigenvalue weighted by atomic mass is 10.2. The van der Waals surface area contributed by atoms with Gasteiger partial charge in [-0.25, -0.2) is 9.18 Å². The molecule has 0 bridgehead atoms. The molecule has 4 rings (SSSR count). The number of morpholine rings is 1.